The molecule has 2 rings (SSSR count). The van der Waals surface area contributed by atoms with Crippen molar-refractivity contribution in [1.82, 2.24) is 5.32 Å². The van der Waals surface area contributed by atoms with Gasteiger partial charge in [0.15, 0.2) is 0 Å². The summed E-state index contributed by atoms with van der Waals surface area (Å²) in [4.78, 5) is 0. The van der Waals surface area contributed by atoms with Gasteiger partial charge in [-0.1, -0.05) is 37.6 Å². The number of aliphatic hydroxyl groups excluding tert-OH is 1. The highest BCUT2D eigenvalue weighted by Gasteiger charge is 2.38. The van der Waals surface area contributed by atoms with Gasteiger partial charge in [0.05, 0.1) is 25.2 Å². The molecular weight excluding hydrogens is 286 g/mol. The fourth-order valence-corrected chi connectivity index (χ4v) is 2.69. The number of hydrogen-bond donors (Lipinski definition) is 2. The molecule has 21 heavy (non-hydrogen) atoms. The lowest BCUT2D eigenvalue weighted by Gasteiger charge is -2.41. The number of hydrogen-bond acceptors (Lipinski definition) is 3. The van der Waals surface area contributed by atoms with Crippen LogP contribution >= 0.6 is 11.6 Å². The topological polar surface area (TPSA) is 41.5 Å². The van der Waals surface area contributed by atoms with Crippen molar-refractivity contribution in [2.45, 2.75) is 32.7 Å². The molecule has 1 atom stereocenters. The lowest BCUT2D eigenvalue weighted by Crippen LogP contribution is -2.52. The van der Waals surface area contributed by atoms with E-state index in [1.807, 2.05) is 12.1 Å². The average Bonchev–Trinajstić information content (AvgIpc) is 2.42. The number of aliphatic hydroxyl groups is 1. The molecule has 1 heterocycles. The Hall–Kier alpha value is -0.610. The summed E-state index contributed by atoms with van der Waals surface area (Å²) in [5.74, 6) is 0.681. The Labute approximate surface area is 132 Å². The molecule has 0 radical (unpaired) electrons. The first kappa shape index (κ1) is 16.8. The maximum Gasteiger partial charge on any atom is 0.0579 e. The number of benzene rings is 1. The Morgan fingerprint density at radius 1 is 1.24 bits per heavy atom. The van der Waals surface area contributed by atoms with Gasteiger partial charge in [0.1, 0.15) is 0 Å². The van der Waals surface area contributed by atoms with Gasteiger partial charge >= 0.3 is 0 Å². The van der Waals surface area contributed by atoms with Crippen LogP contribution in [0.2, 0.25) is 5.02 Å². The summed E-state index contributed by atoms with van der Waals surface area (Å²) in [6.07, 6.45) is 2.25. The Bertz CT molecular complexity index is 423. The summed E-state index contributed by atoms with van der Waals surface area (Å²) in [5.41, 5.74) is 1.16. The third kappa shape index (κ3) is 4.68. The maximum absolute atomic E-state index is 9.54. The van der Waals surface area contributed by atoms with E-state index in [1.54, 1.807) is 0 Å². The Balaban J connectivity index is 1.99. The summed E-state index contributed by atoms with van der Waals surface area (Å²) < 4.78 is 5.26. The highest BCUT2D eigenvalue weighted by molar-refractivity contribution is 6.30. The quantitative estimate of drug-likeness (QED) is 0.773. The molecule has 1 aliphatic heterocycles. The van der Waals surface area contributed by atoms with E-state index < -0.39 is 0 Å². The van der Waals surface area contributed by atoms with Crippen LogP contribution in [0.3, 0.4) is 0 Å². The van der Waals surface area contributed by atoms with Crippen LogP contribution in [-0.4, -0.2) is 31.5 Å². The van der Waals surface area contributed by atoms with Crippen molar-refractivity contribution in [2.24, 2.45) is 11.3 Å². The van der Waals surface area contributed by atoms with Crippen molar-refractivity contribution in [3.63, 3.8) is 0 Å². The van der Waals surface area contributed by atoms with Crippen LogP contribution in [0.5, 0.6) is 0 Å². The smallest absolute Gasteiger partial charge is 0.0579 e. The van der Waals surface area contributed by atoms with Crippen LogP contribution in [0.1, 0.15) is 38.3 Å². The van der Waals surface area contributed by atoms with Gasteiger partial charge < -0.3 is 15.2 Å². The molecule has 2 N–H and O–H groups in total. The zero-order valence-corrected chi connectivity index (χ0v) is 13.7. The first-order chi connectivity index (χ1) is 10.0. The number of rotatable bonds is 8. The van der Waals surface area contributed by atoms with Crippen molar-refractivity contribution in [3.8, 4) is 0 Å². The predicted molar refractivity (Wildman–Crippen MR) is 86.6 cm³/mol. The zero-order chi connectivity index (χ0) is 15.3. The lowest BCUT2D eigenvalue weighted by molar-refractivity contribution is -0.135. The van der Waals surface area contributed by atoms with E-state index in [2.05, 4.69) is 31.3 Å². The molecule has 0 spiro atoms. The summed E-state index contributed by atoms with van der Waals surface area (Å²) in [7, 11) is 0. The normalized spacial score (nSPS) is 18.5. The summed E-state index contributed by atoms with van der Waals surface area (Å²) in [6, 6.07) is 8.35. The molecular formula is C17H26ClNO2. The number of ether oxygens (including phenoxy) is 1. The summed E-state index contributed by atoms with van der Waals surface area (Å²) in [6.45, 7) is 6.75. The summed E-state index contributed by atoms with van der Waals surface area (Å²) in [5, 5.41) is 13.9. The minimum Gasteiger partial charge on any atom is -0.396 e. The zero-order valence-electron chi connectivity index (χ0n) is 12.9. The molecule has 0 saturated carbocycles. The predicted octanol–water partition coefficient (Wildman–Crippen LogP) is 3.42. The number of nitrogens with one attached hydrogen (secondary N) is 1. The molecule has 0 aromatic heterocycles. The van der Waals surface area contributed by atoms with E-state index in [0.29, 0.717) is 25.2 Å². The van der Waals surface area contributed by atoms with Crippen LogP contribution in [0.25, 0.3) is 0 Å². The Morgan fingerprint density at radius 2 is 1.90 bits per heavy atom. The van der Waals surface area contributed by atoms with Crippen LogP contribution < -0.4 is 5.32 Å². The Morgan fingerprint density at radius 3 is 2.38 bits per heavy atom. The van der Waals surface area contributed by atoms with Gasteiger partial charge in [-0.3, -0.25) is 0 Å². The van der Waals surface area contributed by atoms with Gasteiger partial charge in [-0.15, -0.1) is 0 Å². The lowest BCUT2D eigenvalue weighted by atomic mass is 9.86. The van der Waals surface area contributed by atoms with Gasteiger partial charge in [0.25, 0.3) is 0 Å². The minimum absolute atomic E-state index is 0.0947. The second-order valence-corrected chi connectivity index (χ2v) is 7.04. The van der Waals surface area contributed by atoms with Crippen molar-refractivity contribution >= 4 is 11.6 Å². The SMILES string of the molecule is CC(C)CCC(NCC1(CO)COC1)c1ccc(Cl)cc1. The van der Waals surface area contributed by atoms with Crippen molar-refractivity contribution in [2.75, 3.05) is 26.4 Å². The second kappa shape index (κ2) is 7.59. The third-order valence-corrected chi connectivity index (χ3v) is 4.43. The highest BCUT2D eigenvalue weighted by Crippen LogP contribution is 2.28. The fourth-order valence-electron chi connectivity index (χ4n) is 2.56. The average molecular weight is 312 g/mol. The van der Waals surface area contributed by atoms with Gasteiger partial charge in [-0.05, 0) is 36.5 Å². The van der Waals surface area contributed by atoms with Crippen LogP contribution in [0, 0.1) is 11.3 Å². The monoisotopic (exact) mass is 311 g/mol. The van der Waals surface area contributed by atoms with E-state index in [9.17, 15) is 5.11 Å². The van der Waals surface area contributed by atoms with Crippen LogP contribution in [-0.2, 0) is 4.74 Å². The van der Waals surface area contributed by atoms with Crippen molar-refractivity contribution in [3.05, 3.63) is 34.9 Å². The maximum atomic E-state index is 9.54. The first-order valence-electron chi connectivity index (χ1n) is 7.72. The molecule has 118 valence electrons. The highest BCUT2D eigenvalue weighted by atomic mass is 35.5. The Kier molecular flexibility index (Phi) is 6.06. The second-order valence-electron chi connectivity index (χ2n) is 6.61. The molecule has 1 fully saturated rings. The van der Waals surface area contributed by atoms with E-state index in [4.69, 9.17) is 16.3 Å². The van der Waals surface area contributed by atoms with E-state index in [1.165, 1.54) is 12.0 Å². The largest absolute Gasteiger partial charge is 0.396 e. The standard InChI is InChI=1S/C17H26ClNO2/c1-13(2)3-8-16(14-4-6-15(18)7-5-14)19-9-17(10-20)11-21-12-17/h4-7,13,16,19-20H,3,8-12H2,1-2H3. The first-order valence-corrected chi connectivity index (χ1v) is 8.10. The van der Waals surface area contributed by atoms with Gasteiger partial charge in [0, 0.05) is 17.6 Å². The van der Waals surface area contributed by atoms with Gasteiger partial charge in [-0.2, -0.15) is 0 Å². The van der Waals surface area contributed by atoms with Gasteiger partial charge in [-0.25, -0.2) is 0 Å². The molecule has 1 aromatic rings. The van der Waals surface area contributed by atoms with Crippen LogP contribution in [0.4, 0.5) is 0 Å². The number of halogens is 1. The van der Waals surface area contributed by atoms with Crippen molar-refractivity contribution in [1.29, 1.82) is 0 Å². The van der Waals surface area contributed by atoms with E-state index in [0.717, 1.165) is 18.0 Å². The molecule has 1 aromatic carbocycles. The van der Waals surface area contributed by atoms with Crippen LogP contribution in [0.15, 0.2) is 24.3 Å². The van der Waals surface area contributed by atoms with Gasteiger partial charge in [0.2, 0.25) is 0 Å². The molecule has 1 saturated heterocycles. The molecule has 0 bridgehead atoms. The summed E-state index contributed by atoms with van der Waals surface area (Å²) >= 11 is 5.98. The molecule has 3 nitrogen and oxygen atoms in total. The molecule has 0 amide bonds. The minimum atomic E-state index is -0.0947. The molecule has 1 aliphatic rings. The molecule has 0 aliphatic carbocycles. The van der Waals surface area contributed by atoms with Crippen molar-refractivity contribution < 1.29 is 9.84 Å². The van der Waals surface area contributed by atoms with E-state index >= 15 is 0 Å². The molecule has 4 heteroatoms. The molecule has 1 unspecified atom stereocenters. The van der Waals surface area contributed by atoms with E-state index in [-0.39, 0.29) is 12.0 Å². The fraction of sp³-hybridized carbons (Fsp3) is 0.647. The third-order valence-electron chi connectivity index (χ3n) is 4.18.